The highest BCUT2D eigenvalue weighted by Gasteiger charge is 2.01. The number of aromatic nitrogens is 2. The van der Waals surface area contributed by atoms with Crippen LogP contribution in [0.4, 0.5) is 0 Å². The number of nitrogens with one attached hydrogen (secondary N) is 2. The second-order valence-electron chi connectivity index (χ2n) is 4.43. The van der Waals surface area contributed by atoms with Gasteiger partial charge in [0.2, 0.25) is 0 Å². The van der Waals surface area contributed by atoms with Crippen LogP contribution in [0.3, 0.4) is 0 Å². The van der Waals surface area contributed by atoms with Crippen molar-refractivity contribution >= 4 is 22.6 Å². The van der Waals surface area contributed by atoms with Gasteiger partial charge in [0.1, 0.15) is 5.82 Å². The largest absolute Gasteiger partial charge is 0.341 e. The van der Waals surface area contributed by atoms with Crippen molar-refractivity contribution in [3.05, 3.63) is 64.9 Å². The quantitative estimate of drug-likeness (QED) is 0.762. The lowest BCUT2D eigenvalue weighted by atomic mass is 10.2. The summed E-state index contributed by atoms with van der Waals surface area (Å²) in [6.45, 7) is 1.52. The Hall–Kier alpha value is -1.84. The molecule has 0 aliphatic carbocycles. The molecule has 0 aliphatic heterocycles. The summed E-state index contributed by atoms with van der Waals surface area (Å²) in [5, 5.41) is 4.13. The molecule has 19 heavy (non-hydrogen) atoms. The van der Waals surface area contributed by atoms with E-state index in [-0.39, 0.29) is 0 Å². The highest BCUT2D eigenvalue weighted by atomic mass is 35.5. The van der Waals surface area contributed by atoms with Gasteiger partial charge in [0, 0.05) is 11.6 Å². The van der Waals surface area contributed by atoms with Gasteiger partial charge >= 0.3 is 0 Å². The molecule has 0 radical (unpaired) electrons. The summed E-state index contributed by atoms with van der Waals surface area (Å²) in [6.07, 6.45) is 0. The Morgan fingerprint density at radius 1 is 1.00 bits per heavy atom. The first-order chi connectivity index (χ1) is 9.31. The lowest BCUT2D eigenvalue weighted by molar-refractivity contribution is 0.670. The van der Waals surface area contributed by atoms with Gasteiger partial charge in [-0.3, -0.25) is 0 Å². The highest BCUT2D eigenvalue weighted by molar-refractivity contribution is 6.30. The molecule has 0 unspecified atom stereocenters. The standard InChI is InChI=1S/C15H14ClN3/c16-12-7-5-11(6-8-12)9-17-10-15-18-13-3-1-2-4-14(13)19-15/h1-8,17H,9-10H2,(H,18,19). The fourth-order valence-corrected chi connectivity index (χ4v) is 2.14. The highest BCUT2D eigenvalue weighted by Crippen LogP contribution is 2.11. The molecule has 0 saturated heterocycles. The van der Waals surface area contributed by atoms with Gasteiger partial charge in [-0.2, -0.15) is 0 Å². The second kappa shape index (κ2) is 5.43. The van der Waals surface area contributed by atoms with Gasteiger partial charge in [0.25, 0.3) is 0 Å². The molecule has 3 aromatic rings. The molecule has 0 aliphatic rings. The zero-order valence-electron chi connectivity index (χ0n) is 10.4. The fourth-order valence-electron chi connectivity index (χ4n) is 2.02. The molecule has 1 aromatic heterocycles. The molecule has 2 N–H and O–H groups in total. The third-order valence-corrected chi connectivity index (χ3v) is 3.23. The van der Waals surface area contributed by atoms with E-state index in [1.54, 1.807) is 0 Å². The molecule has 3 nitrogen and oxygen atoms in total. The van der Waals surface area contributed by atoms with Crippen LogP contribution in [0, 0.1) is 0 Å². The Bertz CT molecular complexity index is 640. The van der Waals surface area contributed by atoms with E-state index in [0.717, 1.165) is 35.0 Å². The number of imidazole rings is 1. The van der Waals surface area contributed by atoms with Crippen LogP contribution >= 0.6 is 11.6 Å². The summed E-state index contributed by atoms with van der Waals surface area (Å²) in [7, 11) is 0. The van der Waals surface area contributed by atoms with Crippen LogP contribution in [0.15, 0.2) is 48.5 Å². The van der Waals surface area contributed by atoms with Crippen molar-refractivity contribution in [1.29, 1.82) is 0 Å². The van der Waals surface area contributed by atoms with Gasteiger partial charge in [-0.25, -0.2) is 4.98 Å². The van der Waals surface area contributed by atoms with Crippen LogP contribution in [0.5, 0.6) is 0 Å². The van der Waals surface area contributed by atoms with Crippen molar-refractivity contribution in [2.75, 3.05) is 0 Å². The number of para-hydroxylation sites is 2. The first-order valence-corrected chi connectivity index (χ1v) is 6.58. The number of hydrogen-bond donors (Lipinski definition) is 2. The summed E-state index contributed by atoms with van der Waals surface area (Å²) in [4.78, 5) is 7.82. The molecule has 0 amide bonds. The number of H-pyrrole nitrogens is 1. The first kappa shape index (κ1) is 12.2. The predicted octanol–water partition coefficient (Wildman–Crippen LogP) is 3.51. The second-order valence-corrected chi connectivity index (χ2v) is 4.87. The molecular formula is C15H14ClN3. The molecule has 1 heterocycles. The van der Waals surface area contributed by atoms with Crippen molar-refractivity contribution in [2.45, 2.75) is 13.1 Å². The van der Waals surface area contributed by atoms with Crippen molar-refractivity contribution in [3.63, 3.8) is 0 Å². The number of halogens is 1. The summed E-state index contributed by atoms with van der Waals surface area (Å²) in [5.74, 6) is 0.954. The van der Waals surface area contributed by atoms with Gasteiger partial charge < -0.3 is 10.3 Å². The van der Waals surface area contributed by atoms with Crippen molar-refractivity contribution in [2.24, 2.45) is 0 Å². The average Bonchev–Trinajstić information content (AvgIpc) is 2.83. The molecular weight excluding hydrogens is 258 g/mol. The van der Waals surface area contributed by atoms with E-state index in [2.05, 4.69) is 15.3 Å². The smallest absolute Gasteiger partial charge is 0.121 e. The van der Waals surface area contributed by atoms with Crippen molar-refractivity contribution < 1.29 is 0 Å². The molecule has 0 atom stereocenters. The molecule has 0 spiro atoms. The van der Waals surface area contributed by atoms with Crippen LogP contribution < -0.4 is 5.32 Å². The van der Waals surface area contributed by atoms with E-state index in [1.165, 1.54) is 5.56 Å². The number of rotatable bonds is 4. The Labute approximate surface area is 116 Å². The third kappa shape index (κ3) is 2.95. The van der Waals surface area contributed by atoms with Gasteiger partial charge in [-0.15, -0.1) is 0 Å². The maximum atomic E-state index is 5.85. The SMILES string of the molecule is Clc1ccc(CNCc2nc3ccccc3[nH]2)cc1. The number of hydrogen-bond acceptors (Lipinski definition) is 2. The monoisotopic (exact) mass is 271 g/mol. The van der Waals surface area contributed by atoms with Gasteiger partial charge in [-0.05, 0) is 29.8 Å². The van der Waals surface area contributed by atoms with Crippen molar-refractivity contribution in [3.8, 4) is 0 Å². The van der Waals surface area contributed by atoms with Crippen LogP contribution in [0.2, 0.25) is 5.02 Å². The van der Waals surface area contributed by atoms with Gasteiger partial charge in [0.15, 0.2) is 0 Å². The van der Waals surface area contributed by atoms with E-state index >= 15 is 0 Å². The Balaban J connectivity index is 1.61. The number of aromatic amines is 1. The predicted molar refractivity (Wildman–Crippen MR) is 78.1 cm³/mol. The summed E-state index contributed by atoms with van der Waals surface area (Å²) in [6, 6.07) is 15.9. The summed E-state index contributed by atoms with van der Waals surface area (Å²) < 4.78 is 0. The molecule has 4 heteroatoms. The zero-order chi connectivity index (χ0) is 13.1. The van der Waals surface area contributed by atoms with E-state index in [0.29, 0.717) is 0 Å². The molecule has 0 fully saturated rings. The molecule has 0 saturated carbocycles. The number of benzene rings is 2. The molecule has 3 rings (SSSR count). The minimum absolute atomic E-state index is 0.720. The maximum absolute atomic E-state index is 5.85. The average molecular weight is 272 g/mol. The molecule has 0 bridgehead atoms. The molecule has 96 valence electrons. The van der Waals surface area contributed by atoms with E-state index in [1.807, 2.05) is 48.5 Å². The van der Waals surface area contributed by atoms with Gasteiger partial charge in [-0.1, -0.05) is 35.9 Å². The lowest BCUT2D eigenvalue weighted by Crippen LogP contribution is -2.13. The Morgan fingerprint density at radius 3 is 2.58 bits per heavy atom. The van der Waals surface area contributed by atoms with E-state index < -0.39 is 0 Å². The number of nitrogens with zero attached hydrogens (tertiary/aromatic N) is 1. The Morgan fingerprint density at radius 2 is 1.79 bits per heavy atom. The van der Waals surface area contributed by atoms with Crippen LogP contribution in [-0.4, -0.2) is 9.97 Å². The molecule has 2 aromatic carbocycles. The van der Waals surface area contributed by atoms with Crippen molar-refractivity contribution in [1.82, 2.24) is 15.3 Å². The van der Waals surface area contributed by atoms with E-state index in [4.69, 9.17) is 11.6 Å². The third-order valence-electron chi connectivity index (χ3n) is 2.97. The topological polar surface area (TPSA) is 40.7 Å². The zero-order valence-corrected chi connectivity index (χ0v) is 11.1. The van der Waals surface area contributed by atoms with Crippen LogP contribution in [0.25, 0.3) is 11.0 Å². The van der Waals surface area contributed by atoms with Gasteiger partial charge in [0.05, 0.1) is 17.6 Å². The fraction of sp³-hybridized carbons (Fsp3) is 0.133. The first-order valence-electron chi connectivity index (χ1n) is 6.20. The summed E-state index contributed by atoms with van der Waals surface area (Å²) >= 11 is 5.85. The normalized spacial score (nSPS) is 11.0. The lowest BCUT2D eigenvalue weighted by Gasteiger charge is -2.02. The summed E-state index contributed by atoms with van der Waals surface area (Å²) in [5.41, 5.74) is 3.29. The van der Waals surface area contributed by atoms with E-state index in [9.17, 15) is 0 Å². The minimum Gasteiger partial charge on any atom is -0.341 e. The van der Waals surface area contributed by atoms with Crippen LogP contribution in [-0.2, 0) is 13.1 Å². The van der Waals surface area contributed by atoms with Crippen LogP contribution in [0.1, 0.15) is 11.4 Å². The maximum Gasteiger partial charge on any atom is 0.121 e. The Kier molecular flexibility index (Phi) is 3.49. The minimum atomic E-state index is 0.720. The number of fused-ring (bicyclic) bond motifs is 1.